The Kier molecular flexibility index (Phi) is 4.28. The third-order valence-corrected chi connectivity index (χ3v) is 3.07. The minimum Gasteiger partial charge on any atom is -0.384 e. The Morgan fingerprint density at radius 2 is 2.22 bits per heavy atom. The first kappa shape index (κ1) is 13.0. The predicted molar refractivity (Wildman–Crippen MR) is 68.1 cm³/mol. The summed E-state index contributed by atoms with van der Waals surface area (Å²) in [5.74, 6) is -0.446. The molecule has 1 aliphatic rings. The predicted octanol–water partition coefficient (Wildman–Crippen LogP) is 1.33. The Morgan fingerprint density at radius 3 is 3.00 bits per heavy atom. The number of hydrogen-bond donors (Lipinski definition) is 2. The van der Waals surface area contributed by atoms with Crippen molar-refractivity contribution < 1.29 is 9.13 Å². The third kappa shape index (κ3) is 3.27. The van der Waals surface area contributed by atoms with Crippen LogP contribution in [0.25, 0.3) is 0 Å². The topological polar surface area (TPSA) is 62.3 Å². The lowest BCUT2D eigenvalue weighted by Gasteiger charge is -2.20. The molecule has 0 aromatic heterocycles. The van der Waals surface area contributed by atoms with Crippen LogP contribution in [0.4, 0.5) is 4.39 Å². The second-order valence-corrected chi connectivity index (χ2v) is 4.46. The van der Waals surface area contributed by atoms with Gasteiger partial charge < -0.3 is 10.5 Å². The molecule has 1 aromatic carbocycles. The average molecular weight is 251 g/mol. The van der Waals surface area contributed by atoms with Crippen LogP contribution in [0, 0.1) is 11.2 Å². The smallest absolute Gasteiger partial charge is 0.123 e. The highest BCUT2D eigenvalue weighted by Gasteiger charge is 2.13. The van der Waals surface area contributed by atoms with E-state index in [4.69, 9.17) is 15.9 Å². The van der Waals surface area contributed by atoms with Crippen molar-refractivity contribution >= 4 is 5.84 Å². The van der Waals surface area contributed by atoms with Gasteiger partial charge in [-0.15, -0.1) is 0 Å². The van der Waals surface area contributed by atoms with E-state index in [1.807, 2.05) is 0 Å². The fourth-order valence-electron chi connectivity index (χ4n) is 2.13. The summed E-state index contributed by atoms with van der Waals surface area (Å²) in [4.78, 5) is 2.24. The number of nitrogens with two attached hydrogens (primary N) is 1. The Balaban J connectivity index is 2.14. The SMILES string of the molecule is N=C(N)c1cc(F)ccc1CN1CCCOCC1. The zero-order valence-corrected chi connectivity index (χ0v) is 10.3. The van der Waals surface area contributed by atoms with Crippen LogP contribution in [0.2, 0.25) is 0 Å². The van der Waals surface area contributed by atoms with Crippen molar-refractivity contribution in [3.8, 4) is 0 Å². The van der Waals surface area contributed by atoms with Crippen LogP contribution in [0.5, 0.6) is 0 Å². The monoisotopic (exact) mass is 251 g/mol. The van der Waals surface area contributed by atoms with Gasteiger partial charge in [0.1, 0.15) is 11.7 Å². The Bertz CT molecular complexity index is 428. The highest BCUT2D eigenvalue weighted by atomic mass is 19.1. The Labute approximate surface area is 106 Å². The fraction of sp³-hybridized carbons (Fsp3) is 0.462. The lowest BCUT2D eigenvalue weighted by atomic mass is 10.1. The Morgan fingerprint density at radius 1 is 1.39 bits per heavy atom. The van der Waals surface area contributed by atoms with E-state index in [1.54, 1.807) is 6.07 Å². The van der Waals surface area contributed by atoms with Crippen LogP contribution in [-0.4, -0.2) is 37.0 Å². The summed E-state index contributed by atoms with van der Waals surface area (Å²) in [6, 6.07) is 4.44. The highest BCUT2D eigenvalue weighted by Crippen LogP contribution is 2.14. The summed E-state index contributed by atoms with van der Waals surface area (Å²) in [7, 11) is 0. The van der Waals surface area contributed by atoms with E-state index in [0.29, 0.717) is 12.1 Å². The lowest BCUT2D eigenvalue weighted by molar-refractivity contribution is 0.140. The minimum atomic E-state index is -0.358. The number of nitrogens with one attached hydrogen (secondary N) is 1. The number of hydrogen-bond acceptors (Lipinski definition) is 3. The summed E-state index contributed by atoms with van der Waals surface area (Å²) < 4.78 is 18.6. The van der Waals surface area contributed by atoms with E-state index in [9.17, 15) is 4.39 Å². The quantitative estimate of drug-likeness (QED) is 0.629. The molecule has 2 rings (SSSR count). The molecule has 0 amide bonds. The van der Waals surface area contributed by atoms with Gasteiger partial charge in [-0.2, -0.15) is 0 Å². The first-order valence-corrected chi connectivity index (χ1v) is 6.10. The molecule has 0 spiro atoms. The van der Waals surface area contributed by atoms with Gasteiger partial charge in [-0.3, -0.25) is 10.3 Å². The van der Waals surface area contributed by atoms with E-state index in [2.05, 4.69) is 4.90 Å². The first-order chi connectivity index (χ1) is 8.66. The van der Waals surface area contributed by atoms with Crippen LogP contribution >= 0.6 is 0 Å². The van der Waals surface area contributed by atoms with E-state index < -0.39 is 0 Å². The standard InChI is InChI=1S/C13H18FN3O/c14-11-3-2-10(12(8-11)13(15)16)9-17-4-1-6-18-7-5-17/h2-3,8H,1,4-7,9H2,(H3,15,16). The molecule has 1 saturated heterocycles. The van der Waals surface area contributed by atoms with Crippen molar-refractivity contribution in [1.29, 1.82) is 5.41 Å². The zero-order chi connectivity index (χ0) is 13.0. The number of benzene rings is 1. The Hall–Kier alpha value is -1.46. The second kappa shape index (κ2) is 5.93. The molecule has 18 heavy (non-hydrogen) atoms. The van der Waals surface area contributed by atoms with Gasteiger partial charge in [0.2, 0.25) is 0 Å². The number of rotatable bonds is 3. The van der Waals surface area contributed by atoms with Crippen LogP contribution in [0.15, 0.2) is 18.2 Å². The highest BCUT2D eigenvalue weighted by molar-refractivity contribution is 5.96. The minimum absolute atomic E-state index is 0.0874. The van der Waals surface area contributed by atoms with Gasteiger partial charge in [0.25, 0.3) is 0 Å². The fourth-order valence-corrected chi connectivity index (χ4v) is 2.13. The molecule has 4 nitrogen and oxygen atoms in total. The van der Waals surface area contributed by atoms with Crippen LogP contribution in [0.1, 0.15) is 17.5 Å². The van der Waals surface area contributed by atoms with Gasteiger partial charge >= 0.3 is 0 Å². The van der Waals surface area contributed by atoms with Gasteiger partial charge in [0, 0.05) is 31.8 Å². The number of nitrogen functional groups attached to an aromatic ring is 1. The van der Waals surface area contributed by atoms with E-state index in [-0.39, 0.29) is 11.7 Å². The first-order valence-electron chi connectivity index (χ1n) is 6.10. The average Bonchev–Trinajstić information content (AvgIpc) is 2.60. The third-order valence-electron chi connectivity index (χ3n) is 3.07. The number of ether oxygens (including phenoxy) is 1. The summed E-state index contributed by atoms with van der Waals surface area (Å²) in [5.41, 5.74) is 6.87. The van der Waals surface area contributed by atoms with Gasteiger partial charge in [-0.25, -0.2) is 4.39 Å². The molecule has 0 radical (unpaired) electrons. The maximum atomic E-state index is 13.2. The van der Waals surface area contributed by atoms with Crippen molar-refractivity contribution in [3.05, 3.63) is 35.1 Å². The number of nitrogens with zero attached hydrogens (tertiary/aromatic N) is 1. The van der Waals surface area contributed by atoms with Gasteiger partial charge in [0.15, 0.2) is 0 Å². The molecular formula is C13H18FN3O. The van der Waals surface area contributed by atoms with Crippen molar-refractivity contribution in [2.24, 2.45) is 5.73 Å². The normalized spacial score (nSPS) is 17.4. The summed E-state index contributed by atoms with van der Waals surface area (Å²) in [6.45, 7) is 4.00. The van der Waals surface area contributed by atoms with E-state index in [1.165, 1.54) is 12.1 Å². The van der Waals surface area contributed by atoms with Crippen molar-refractivity contribution in [1.82, 2.24) is 4.90 Å². The molecule has 1 aliphatic heterocycles. The molecule has 98 valence electrons. The summed E-state index contributed by atoms with van der Waals surface area (Å²) in [5, 5.41) is 7.50. The van der Waals surface area contributed by atoms with Gasteiger partial charge in [-0.05, 0) is 24.1 Å². The van der Waals surface area contributed by atoms with E-state index in [0.717, 1.165) is 38.3 Å². The van der Waals surface area contributed by atoms with Crippen molar-refractivity contribution in [2.75, 3.05) is 26.3 Å². The van der Waals surface area contributed by atoms with Crippen molar-refractivity contribution in [3.63, 3.8) is 0 Å². The molecule has 0 bridgehead atoms. The molecule has 0 atom stereocenters. The van der Waals surface area contributed by atoms with Crippen LogP contribution in [0.3, 0.4) is 0 Å². The van der Waals surface area contributed by atoms with Gasteiger partial charge in [-0.1, -0.05) is 6.07 Å². The zero-order valence-electron chi connectivity index (χ0n) is 10.3. The summed E-state index contributed by atoms with van der Waals surface area (Å²) in [6.07, 6.45) is 0.997. The van der Waals surface area contributed by atoms with Crippen LogP contribution in [-0.2, 0) is 11.3 Å². The molecule has 1 fully saturated rings. The molecule has 1 heterocycles. The molecule has 0 unspecified atom stereocenters. The van der Waals surface area contributed by atoms with Gasteiger partial charge in [0.05, 0.1) is 6.61 Å². The molecule has 0 aliphatic carbocycles. The second-order valence-electron chi connectivity index (χ2n) is 4.46. The maximum Gasteiger partial charge on any atom is 0.123 e. The maximum absolute atomic E-state index is 13.2. The molecular weight excluding hydrogens is 233 g/mol. The van der Waals surface area contributed by atoms with E-state index >= 15 is 0 Å². The molecule has 5 heteroatoms. The van der Waals surface area contributed by atoms with Crippen molar-refractivity contribution in [2.45, 2.75) is 13.0 Å². The number of halogens is 1. The molecule has 0 saturated carbocycles. The van der Waals surface area contributed by atoms with Crippen LogP contribution < -0.4 is 5.73 Å². The molecule has 3 N–H and O–H groups in total. The largest absolute Gasteiger partial charge is 0.384 e. The number of amidine groups is 1. The molecule has 1 aromatic rings. The lowest BCUT2D eigenvalue weighted by Crippen LogP contribution is -2.27. The summed E-state index contributed by atoms with van der Waals surface area (Å²) >= 11 is 0.